The molecular weight excluding hydrogens is 230 g/mol. The highest BCUT2D eigenvalue weighted by atomic mass is 16.4. The van der Waals surface area contributed by atoms with E-state index in [1.807, 2.05) is 13.0 Å². The van der Waals surface area contributed by atoms with Crippen LogP contribution in [-0.4, -0.2) is 30.7 Å². The summed E-state index contributed by atoms with van der Waals surface area (Å²) in [7, 11) is 1.75. The van der Waals surface area contributed by atoms with Gasteiger partial charge in [0, 0.05) is 33.2 Å². The minimum Gasteiger partial charge on any atom is -0.405 e. The molecule has 5 heteroatoms. The number of oxazole rings is 1. The SMILES string of the molecule is Cc1cc(N2CCNCC2)c2oc(=O)n(C)c2c1. The molecule has 1 fully saturated rings. The maximum absolute atomic E-state index is 11.7. The van der Waals surface area contributed by atoms with E-state index in [0.717, 1.165) is 42.9 Å². The topological polar surface area (TPSA) is 50.4 Å². The van der Waals surface area contributed by atoms with E-state index in [1.165, 1.54) is 0 Å². The van der Waals surface area contributed by atoms with E-state index < -0.39 is 0 Å². The molecule has 2 aromatic rings. The molecule has 96 valence electrons. The summed E-state index contributed by atoms with van der Waals surface area (Å²) in [6.45, 7) is 5.86. The van der Waals surface area contributed by atoms with Gasteiger partial charge in [-0.2, -0.15) is 0 Å². The summed E-state index contributed by atoms with van der Waals surface area (Å²) in [5.41, 5.74) is 3.75. The molecule has 2 heterocycles. The number of fused-ring (bicyclic) bond motifs is 1. The molecule has 1 aliphatic rings. The summed E-state index contributed by atoms with van der Waals surface area (Å²) < 4.78 is 6.95. The number of aryl methyl sites for hydroxylation is 2. The van der Waals surface area contributed by atoms with Crippen LogP contribution in [0.2, 0.25) is 0 Å². The number of anilines is 1. The monoisotopic (exact) mass is 247 g/mol. The van der Waals surface area contributed by atoms with Crippen molar-refractivity contribution in [3.05, 3.63) is 28.2 Å². The number of nitrogens with zero attached hydrogens (tertiary/aromatic N) is 2. The Morgan fingerprint density at radius 3 is 2.72 bits per heavy atom. The van der Waals surface area contributed by atoms with Gasteiger partial charge in [0.2, 0.25) is 0 Å². The van der Waals surface area contributed by atoms with Crippen molar-refractivity contribution >= 4 is 16.8 Å². The minimum absolute atomic E-state index is 0.299. The second-order valence-corrected chi connectivity index (χ2v) is 4.80. The van der Waals surface area contributed by atoms with Gasteiger partial charge in [0.1, 0.15) is 0 Å². The van der Waals surface area contributed by atoms with Crippen molar-refractivity contribution < 1.29 is 4.42 Å². The first-order valence-electron chi connectivity index (χ1n) is 6.22. The lowest BCUT2D eigenvalue weighted by molar-refractivity contribution is 0.524. The number of benzene rings is 1. The normalized spacial score (nSPS) is 16.4. The van der Waals surface area contributed by atoms with Crippen molar-refractivity contribution in [2.45, 2.75) is 6.92 Å². The summed E-state index contributed by atoms with van der Waals surface area (Å²) in [4.78, 5) is 13.9. The summed E-state index contributed by atoms with van der Waals surface area (Å²) in [6, 6.07) is 4.09. The average molecular weight is 247 g/mol. The van der Waals surface area contributed by atoms with Gasteiger partial charge in [0.15, 0.2) is 5.58 Å². The molecule has 0 unspecified atom stereocenters. The summed E-state index contributed by atoms with van der Waals surface area (Å²) in [6.07, 6.45) is 0. The lowest BCUT2D eigenvalue weighted by Crippen LogP contribution is -2.43. The maximum atomic E-state index is 11.7. The molecule has 0 aliphatic carbocycles. The van der Waals surface area contributed by atoms with Gasteiger partial charge in [-0.25, -0.2) is 4.79 Å². The van der Waals surface area contributed by atoms with E-state index in [9.17, 15) is 4.79 Å². The fourth-order valence-electron chi connectivity index (χ4n) is 2.48. The van der Waals surface area contributed by atoms with Gasteiger partial charge in [-0.15, -0.1) is 0 Å². The van der Waals surface area contributed by atoms with E-state index in [-0.39, 0.29) is 5.76 Å². The first-order valence-corrected chi connectivity index (χ1v) is 6.22. The van der Waals surface area contributed by atoms with E-state index in [4.69, 9.17) is 4.42 Å². The number of hydrogen-bond acceptors (Lipinski definition) is 4. The van der Waals surface area contributed by atoms with Crippen molar-refractivity contribution in [3.63, 3.8) is 0 Å². The van der Waals surface area contributed by atoms with Crippen molar-refractivity contribution in [2.24, 2.45) is 7.05 Å². The van der Waals surface area contributed by atoms with E-state index in [2.05, 4.69) is 16.3 Å². The minimum atomic E-state index is -0.299. The molecule has 1 saturated heterocycles. The molecule has 1 aliphatic heterocycles. The van der Waals surface area contributed by atoms with Gasteiger partial charge in [0.25, 0.3) is 0 Å². The standard InChI is InChI=1S/C13H17N3O2/c1-9-7-10-12(18-13(17)15(10)2)11(8-9)16-5-3-14-4-6-16/h7-8,14H,3-6H2,1-2H3. The van der Waals surface area contributed by atoms with Gasteiger partial charge < -0.3 is 14.6 Å². The van der Waals surface area contributed by atoms with Crippen LogP contribution in [0.1, 0.15) is 5.56 Å². The average Bonchev–Trinajstić information content (AvgIpc) is 2.66. The van der Waals surface area contributed by atoms with E-state index in [1.54, 1.807) is 11.6 Å². The summed E-state index contributed by atoms with van der Waals surface area (Å²) >= 11 is 0. The van der Waals surface area contributed by atoms with Crippen molar-refractivity contribution in [1.29, 1.82) is 0 Å². The van der Waals surface area contributed by atoms with Crippen LogP contribution in [-0.2, 0) is 7.05 Å². The van der Waals surface area contributed by atoms with Gasteiger partial charge in [-0.1, -0.05) is 0 Å². The summed E-state index contributed by atoms with van der Waals surface area (Å²) in [5, 5.41) is 3.32. The van der Waals surface area contributed by atoms with Crippen molar-refractivity contribution in [3.8, 4) is 0 Å². The zero-order valence-corrected chi connectivity index (χ0v) is 10.7. The second-order valence-electron chi connectivity index (χ2n) is 4.80. The Morgan fingerprint density at radius 1 is 1.28 bits per heavy atom. The number of aromatic nitrogens is 1. The molecule has 1 N–H and O–H groups in total. The van der Waals surface area contributed by atoms with Crippen LogP contribution in [0.5, 0.6) is 0 Å². The van der Waals surface area contributed by atoms with Crippen molar-refractivity contribution in [1.82, 2.24) is 9.88 Å². The van der Waals surface area contributed by atoms with Crippen LogP contribution in [0.3, 0.4) is 0 Å². The summed E-state index contributed by atoms with van der Waals surface area (Å²) in [5.74, 6) is -0.299. The Bertz CT molecular complexity index is 635. The van der Waals surface area contributed by atoms with Crippen LogP contribution in [0.4, 0.5) is 5.69 Å². The third kappa shape index (κ3) is 1.71. The number of nitrogens with one attached hydrogen (secondary N) is 1. The van der Waals surface area contributed by atoms with Gasteiger partial charge in [0.05, 0.1) is 11.2 Å². The zero-order chi connectivity index (χ0) is 12.7. The van der Waals surface area contributed by atoms with Crippen molar-refractivity contribution in [2.75, 3.05) is 31.1 Å². The third-order valence-corrected chi connectivity index (χ3v) is 3.48. The highest BCUT2D eigenvalue weighted by Crippen LogP contribution is 2.28. The lowest BCUT2D eigenvalue weighted by Gasteiger charge is -2.29. The molecule has 1 aromatic heterocycles. The van der Waals surface area contributed by atoms with Crippen LogP contribution < -0.4 is 16.0 Å². The van der Waals surface area contributed by atoms with Gasteiger partial charge in [-0.3, -0.25) is 4.57 Å². The smallest absolute Gasteiger partial charge is 0.405 e. The number of piperazine rings is 1. The molecule has 0 amide bonds. The number of rotatable bonds is 1. The molecule has 0 saturated carbocycles. The Balaban J connectivity index is 2.21. The fourth-order valence-corrected chi connectivity index (χ4v) is 2.48. The first-order chi connectivity index (χ1) is 8.66. The second kappa shape index (κ2) is 4.17. The highest BCUT2D eigenvalue weighted by Gasteiger charge is 2.18. The number of hydrogen-bond donors (Lipinski definition) is 1. The van der Waals surface area contributed by atoms with Crippen LogP contribution in [0.15, 0.2) is 21.3 Å². The van der Waals surface area contributed by atoms with Gasteiger partial charge in [-0.05, 0) is 24.6 Å². The van der Waals surface area contributed by atoms with Gasteiger partial charge >= 0.3 is 5.76 Å². The Hall–Kier alpha value is -1.75. The van der Waals surface area contributed by atoms with E-state index >= 15 is 0 Å². The first kappa shape index (κ1) is 11.3. The van der Waals surface area contributed by atoms with Crippen LogP contribution in [0.25, 0.3) is 11.1 Å². The molecular formula is C13H17N3O2. The Kier molecular flexibility index (Phi) is 2.63. The highest BCUT2D eigenvalue weighted by molar-refractivity contribution is 5.88. The molecule has 5 nitrogen and oxygen atoms in total. The maximum Gasteiger partial charge on any atom is 0.419 e. The lowest BCUT2D eigenvalue weighted by atomic mass is 10.1. The fraction of sp³-hybridized carbons (Fsp3) is 0.462. The predicted octanol–water partition coefficient (Wildman–Crippen LogP) is 0.850. The molecule has 0 radical (unpaired) electrons. The molecule has 1 aromatic carbocycles. The Morgan fingerprint density at radius 2 is 2.00 bits per heavy atom. The van der Waals surface area contributed by atoms with E-state index in [0.29, 0.717) is 5.58 Å². The molecule has 3 rings (SSSR count). The molecule has 18 heavy (non-hydrogen) atoms. The molecule has 0 bridgehead atoms. The quantitative estimate of drug-likeness (QED) is 0.811. The van der Waals surface area contributed by atoms with Crippen LogP contribution >= 0.6 is 0 Å². The Labute approximate surface area is 105 Å². The third-order valence-electron chi connectivity index (χ3n) is 3.48. The van der Waals surface area contributed by atoms with Crippen LogP contribution in [0, 0.1) is 6.92 Å². The molecule has 0 spiro atoms. The molecule has 0 atom stereocenters. The largest absolute Gasteiger partial charge is 0.419 e. The zero-order valence-electron chi connectivity index (χ0n) is 10.7. The predicted molar refractivity (Wildman–Crippen MR) is 71.3 cm³/mol.